The van der Waals surface area contributed by atoms with Crippen LogP contribution >= 0.6 is 0 Å². The molecule has 2 atom stereocenters. The number of ether oxygens (including phenoxy) is 1. The van der Waals surface area contributed by atoms with Crippen LogP contribution in [0, 0.1) is 13.8 Å². The van der Waals surface area contributed by atoms with Gasteiger partial charge in [0.1, 0.15) is 5.76 Å². The van der Waals surface area contributed by atoms with Crippen LogP contribution in [-0.4, -0.2) is 44.5 Å². The van der Waals surface area contributed by atoms with Crippen LogP contribution in [0.5, 0.6) is 0 Å². The van der Waals surface area contributed by atoms with Crippen LogP contribution in [-0.2, 0) is 4.74 Å². The molecule has 20 heavy (non-hydrogen) atoms. The third-order valence-electron chi connectivity index (χ3n) is 3.18. The van der Waals surface area contributed by atoms with Gasteiger partial charge in [-0.15, -0.1) is 0 Å². The molecule has 1 rings (SSSR count). The third-order valence-corrected chi connectivity index (χ3v) is 3.18. The smallest absolute Gasteiger partial charge is 0.191 e. The van der Waals surface area contributed by atoms with Gasteiger partial charge in [0, 0.05) is 38.2 Å². The van der Waals surface area contributed by atoms with E-state index in [1.165, 1.54) is 0 Å². The fourth-order valence-corrected chi connectivity index (χ4v) is 2.27. The predicted octanol–water partition coefficient (Wildman–Crippen LogP) is 1.59. The number of guanidine groups is 1. The van der Waals surface area contributed by atoms with E-state index in [1.54, 1.807) is 14.2 Å². The summed E-state index contributed by atoms with van der Waals surface area (Å²) >= 11 is 0. The van der Waals surface area contributed by atoms with Crippen molar-refractivity contribution < 1.29 is 9.26 Å². The minimum atomic E-state index is 0.209. The van der Waals surface area contributed by atoms with Crippen molar-refractivity contribution in [2.24, 2.45) is 4.99 Å². The molecule has 0 spiro atoms. The van der Waals surface area contributed by atoms with Crippen molar-refractivity contribution in [2.45, 2.75) is 39.7 Å². The zero-order valence-electron chi connectivity index (χ0n) is 13.3. The number of aryl methyl sites for hydroxylation is 2. The highest BCUT2D eigenvalue weighted by Gasteiger charge is 2.16. The maximum atomic E-state index is 5.21. The molecule has 0 radical (unpaired) electrons. The van der Waals surface area contributed by atoms with Gasteiger partial charge >= 0.3 is 0 Å². The Morgan fingerprint density at radius 3 is 2.60 bits per heavy atom. The van der Waals surface area contributed by atoms with Gasteiger partial charge in [-0.3, -0.25) is 4.99 Å². The van der Waals surface area contributed by atoms with Crippen LogP contribution in [0.15, 0.2) is 9.52 Å². The van der Waals surface area contributed by atoms with Gasteiger partial charge in [0.2, 0.25) is 0 Å². The van der Waals surface area contributed by atoms with E-state index in [4.69, 9.17) is 9.26 Å². The first-order valence-corrected chi connectivity index (χ1v) is 6.88. The van der Waals surface area contributed by atoms with Crippen molar-refractivity contribution >= 4 is 5.96 Å². The van der Waals surface area contributed by atoms with Crippen molar-refractivity contribution in [1.82, 2.24) is 15.8 Å². The van der Waals surface area contributed by atoms with E-state index >= 15 is 0 Å². The predicted molar refractivity (Wildman–Crippen MR) is 80.2 cm³/mol. The van der Waals surface area contributed by atoms with Gasteiger partial charge in [-0.25, -0.2) is 0 Å². The monoisotopic (exact) mass is 282 g/mol. The molecule has 0 saturated heterocycles. The summed E-state index contributed by atoms with van der Waals surface area (Å²) in [7, 11) is 3.45. The molecule has 2 unspecified atom stereocenters. The molecule has 0 bridgehead atoms. The molecule has 1 aromatic rings. The average molecular weight is 282 g/mol. The largest absolute Gasteiger partial charge is 0.383 e. The highest BCUT2D eigenvalue weighted by Crippen LogP contribution is 2.22. The Kier molecular flexibility index (Phi) is 6.51. The van der Waals surface area contributed by atoms with E-state index in [2.05, 4.69) is 27.7 Å². The molecule has 6 nitrogen and oxygen atoms in total. The molecule has 0 fully saturated rings. The normalized spacial score (nSPS) is 15.0. The highest BCUT2D eigenvalue weighted by atomic mass is 16.5. The van der Waals surface area contributed by atoms with Crippen molar-refractivity contribution in [1.29, 1.82) is 0 Å². The second-order valence-corrected chi connectivity index (χ2v) is 5.09. The first-order chi connectivity index (χ1) is 9.49. The average Bonchev–Trinajstić information content (AvgIpc) is 2.74. The molecule has 114 valence electrons. The molecule has 0 aromatic carbocycles. The number of hydrogen-bond donors (Lipinski definition) is 2. The summed E-state index contributed by atoms with van der Waals surface area (Å²) in [6.07, 6.45) is 0. The topological polar surface area (TPSA) is 71.7 Å². The van der Waals surface area contributed by atoms with E-state index in [0.717, 1.165) is 29.5 Å². The van der Waals surface area contributed by atoms with E-state index in [-0.39, 0.29) is 6.04 Å². The lowest BCUT2D eigenvalue weighted by Crippen LogP contribution is -2.44. The lowest BCUT2D eigenvalue weighted by molar-refractivity contribution is 0.179. The van der Waals surface area contributed by atoms with Crippen LogP contribution in [0.25, 0.3) is 0 Å². The molecule has 0 aliphatic rings. The van der Waals surface area contributed by atoms with Gasteiger partial charge in [-0.05, 0) is 20.8 Å². The second-order valence-electron chi connectivity index (χ2n) is 5.09. The van der Waals surface area contributed by atoms with Crippen LogP contribution < -0.4 is 10.6 Å². The van der Waals surface area contributed by atoms with Crippen LogP contribution in [0.1, 0.15) is 36.8 Å². The summed E-state index contributed by atoms with van der Waals surface area (Å²) < 4.78 is 10.3. The van der Waals surface area contributed by atoms with E-state index in [0.29, 0.717) is 12.5 Å². The summed E-state index contributed by atoms with van der Waals surface area (Å²) in [4.78, 5) is 4.21. The quantitative estimate of drug-likeness (QED) is 0.612. The van der Waals surface area contributed by atoms with E-state index < -0.39 is 0 Å². The van der Waals surface area contributed by atoms with Gasteiger partial charge < -0.3 is 19.9 Å². The Bertz CT molecular complexity index is 423. The molecule has 0 aliphatic heterocycles. The summed E-state index contributed by atoms with van der Waals surface area (Å²) in [5.74, 6) is 1.96. The summed E-state index contributed by atoms with van der Waals surface area (Å²) in [6, 6.07) is 0.209. The maximum absolute atomic E-state index is 5.21. The zero-order valence-corrected chi connectivity index (χ0v) is 13.3. The minimum absolute atomic E-state index is 0.209. The van der Waals surface area contributed by atoms with Gasteiger partial charge in [0.25, 0.3) is 0 Å². The number of aromatic nitrogens is 1. The lowest BCUT2D eigenvalue weighted by atomic mass is 10.00. The van der Waals surface area contributed by atoms with Crippen molar-refractivity contribution in [3.63, 3.8) is 0 Å². The molecule has 2 N–H and O–H groups in total. The Morgan fingerprint density at radius 1 is 1.40 bits per heavy atom. The lowest BCUT2D eigenvalue weighted by Gasteiger charge is -2.19. The van der Waals surface area contributed by atoms with Crippen LogP contribution in [0.2, 0.25) is 0 Å². The van der Waals surface area contributed by atoms with Crippen LogP contribution in [0.4, 0.5) is 0 Å². The summed E-state index contributed by atoms with van der Waals surface area (Å²) in [5, 5.41) is 10.6. The Morgan fingerprint density at radius 2 is 2.10 bits per heavy atom. The number of rotatable bonds is 6. The van der Waals surface area contributed by atoms with Gasteiger partial charge in [-0.2, -0.15) is 0 Å². The number of aliphatic imine (C=N–C) groups is 1. The number of hydrogen-bond acceptors (Lipinski definition) is 4. The SMILES string of the molecule is CN=C(NCC(C)c1c(C)noc1C)NC(C)COC. The highest BCUT2D eigenvalue weighted by molar-refractivity contribution is 5.80. The standard InChI is InChI=1S/C14H26N4O2/c1-9(13-11(3)18-20-12(13)4)7-16-14(15-5)17-10(2)8-19-6/h9-10H,7-8H2,1-6H3,(H2,15,16,17). The minimum Gasteiger partial charge on any atom is -0.383 e. The number of nitrogens with zero attached hydrogens (tertiary/aromatic N) is 2. The molecule has 6 heteroatoms. The maximum Gasteiger partial charge on any atom is 0.191 e. The first-order valence-electron chi connectivity index (χ1n) is 6.88. The molecule has 0 amide bonds. The summed E-state index contributed by atoms with van der Waals surface area (Å²) in [6.45, 7) is 9.51. The van der Waals surface area contributed by atoms with Gasteiger partial charge in [-0.1, -0.05) is 12.1 Å². The van der Waals surface area contributed by atoms with Crippen molar-refractivity contribution in [2.75, 3.05) is 27.3 Å². The van der Waals surface area contributed by atoms with E-state index in [9.17, 15) is 0 Å². The fourth-order valence-electron chi connectivity index (χ4n) is 2.27. The fraction of sp³-hybridized carbons (Fsp3) is 0.714. The van der Waals surface area contributed by atoms with Gasteiger partial charge in [0.15, 0.2) is 5.96 Å². The van der Waals surface area contributed by atoms with Crippen molar-refractivity contribution in [3.8, 4) is 0 Å². The molecule has 0 aliphatic carbocycles. The third kappa shape index (κ3) is 4.52. The first kappa shape index (κ1) is 16.5. The summed E-state index contributed by atoms with van der Waals surface area (Å²) in [5.41, 5.74) is 2.12. The van der Waals surface area contributed by atoms with Gasteiger partial charge in [0.05, 0.1) is 12.3 Å². The van der Waals surface area contributed by atoms with E-state index in [1.807, 2.05) is 20.8 Å². The second kappa shape index (κ2) is 7.89. The van der Waals surface area contributed by atoms with Crippen LogP contribution in [0.3, 0.4) is 0 Å². The van der Waals surface area contributed by atoms with Crippen molar-refractivity contribution in [3.05, 3.63) is 17.0 Å². The zero-order chi connectivity index (χ0) is 15.1. The molecular weight excluding hydrogens is 256 g/mol. The molecule has 1 aromatic heterocycles. The Hall–Kier alpha value is -1.56. The Labute approximate surface area is 121 Å². The number of methoxy groups -OCH3 is 1. The molecular formula is C14H26N4O2. The molecule has 0 saturated carbocycles. The Balaban J connectivity index is 2.53. The number of nitrogens with one attached hydrogen (secondary N) is 2. The molecule has 1 heterocycles.